The van der Waals surface area contributed by atoms with Crippen molar-refractivity contribution >= 4 is 29.1 Å². The Kier molecular flexibility index (Phi) is 6.36. The first-order valence-corrected chi connectivity index (χ1v) is 12.2. The Morgan fingerprint density at radius 3 is 2.43 bits per heavy atom. The number of nitrogens with one attached hydrogen (secondary N) is 3. The topological polar surface area (TPSA) is 116 Å². The molecular formula is C25H29FN6O3. The van der Waals surface area contributed by atoms with Crippen molar-refractivity contribution in [2.75, 3.05) is 29.9 Å². The quantitative estimate of drug-likeness (QED) is 0.534. The van der Waals surface area contributed by atoms with Gasteiger partial charge in [0.05, 0.1) is 11.3 Å². The van der Waals surface area contributed by atoms with Gasteiger partial charge in [0.2, 0.25) is 11.8 Å². The number of amides is 3. The Labute approximate surface area is 202 Å². The summed E-state index contributed by atoms with van der Waals surface area (Å²) in [5, 5.41) is 8.63. The standard InChI is InChI=1S/C25H29FN6O3/c26-19-2-1-3-20(21(19)30-22(33)17-4-5-17)32-10-6-16(7-11-32)12-29-24(35)25(8-9-25)31-23(34)18-13-27-15-28-14-18/h1-3,13-17H,4-12H2,(H,29,35)(H,30,33)(H,31,34). The number of rotatable bonds is 8. The van der Waals surface area contributed by atoms with Gasteiger partial charge in [0, 0.05) is 37.9 Å². The minimum absolute atomic E-state index is 0.00243. The Morgan fingerprint density at radius 2 is 1.77 bits per heavy atom. The first-order valence-electron chi connectivity index (χ1n) is 12.2. The number of piperidine rings is 1. The molecule has 0 spiro atoms. The highest BCUT2D eigenvalue weighted by molar-refractivity contribution is 6.00. The molecule has 9 nitrogen and oxygen atoms in total. The Bertz CT molecular complexity index is 1110. The highest BCUT2D eigenvalue weighted by atomic mass is 19.1. The first kappa shape index (κ1) is 23.2. The van der Waals surface area contributed by atoms with Crippen LogP contribution in [-0.2, 0) is 9.59 Å². The molecule has 3 N–H and O–H groups in total. The van der Waals surface area contributed by atoms with E-state index < -0.39 is 11.4 Å². The van der Waals surface area contributed by atoms with Crippen molar-refractivity contribution in [3.63, 3.8) is 0 Å². The molecule has 0 atom stereocenters. The Hall–Kier alpha value is -3.56. The summed E-state index contributed by atoms with van der Waals surface area (Å²) >= 11 is 0. The fourth-order valence-electron chi connectivity index (χ4n) is 4.49. The van der Waals surface area contributed by atoms with Crippen LogP contribution in [0.1, 0.15) is 48.9 Å². The van der Waals surface area contributed by atoms with E-state index in [-0.39, 0.29) is 35.2 Å². The molecule has 0 radical (unpaired) electrons. The van der Waals surface area contributed by atoms with Crippen LogP contribution in [0, 0.1) is 17.7 Å². The maximum atomic E-state index is 14.5. The number of carbonyl (C=O) groups excluding carboxylic acids is 3. The van der Waals surface area contributed by atoms with E-state index in [1.165, 1.54) is 24.8 Å². The van der Waals surface area contributed by atoms with Crippen molar-refractivity contribution in [1.29, 1.82) is 0 Å². The van der Waals surface area contributed by atoms with Gasteiger partial charge in [-0.05, 0) is 56.6 Å². The van der Waals surface area contributed by atoms with Gasteiger partial charge in [-0.25, -0.2) is 14.4 Å². The monoisotopic (exact) mass is 480 g/mol. The van der Waals surface area contributed by atoms with E-state index in [2.05, 4.69) is 30.8 Å². The normalized spacial score (nSPS) is 19.1. The summed E-state index contributed by atoms with van der Waals surface area (Å²) in [6.45, 7) is 1.92. The van der Waals surface area contributed by atoms with Crippen LogP contribution >= 0.6 is 0 Å². The predicted molar refractivity (Wildman–Crippen MR) is 127 cm³/mol. The molecule has 1 aromatic heterocycles. The average Bonchev–Trinajstić information content (AvgIpc) is 3.80. The van der Waals surface area contributed by atoms with E-state index in [1.807, 2.05) is 6.07 Å². The number of hydrogen-bond donors (Lipinski definition) is 3. The minimum Gasteiger partial charge on any atom is -0.370 e. The lowest BCUT2D eigenvalue weighted by Gasteiger charge is -2.35. The lowest BCUT2D eigenvalue weighted by Crippen LogP contribution is -2.50. The van der Waals surface area contributed by atoms with Gasteiger partial charge < -0.3 is 20.9 Å². The number of hydrogen-bond acceptors (Lipinski definition) is 6. The maximum Gasteiger partial charge on any atom is 0.255 e. The molecule has 1 aromatic carbocycles. The molecule has 2 aliphatic carbocycles. The summed E-state index contributed by atoms with van der Waals surface area (Å²) in [5.74, 6) is -0.786. The number of nitrogens with zero attached hydrogens (tertiary/aromatic N) is 3. The molecule has 3 fully saturated rings. The number of benzene rings is 1. The second-order valence-corrected chi connectivity index (χ2v) is 9.70. The van der Waals surface area contributed by atoms with E-state index >= 15 is 0 Å². The third-order valence-corrected chi connectivity index (χ3v) is 7.05. The zero-order valence-electron chi connectivity index (χ0n) is 19.4. The molecule has 0 bridgehead atoms. The molecule has 5 rings (SSSR count). The summed E-state index contributed by atoms with van der Waals surface area (Å²) < 4.78 is 14.5. The van der Waals surface area contributed by atoms with Gasteiger partial charge in [0.15, 0.2) is 0 Å². The van der Waals surface area contributed by atoms with Gasteiger partial charge in [0.1, 0.15) is 23.4 Å². The number of carbonyl (C=O) groups is 3. The SMILES string of the molecule is O=C(NC1(C(=O)NCC2CCN(c3cccc(F)c3NC(=O)C3CC3)CC2)CC1)c1cncnc1. The van der Waals surface area contributed by atoms with Gasteiger partial charge >= 0.3 is 0 Å². The van der Waals surface area contributed by atoms with E-state index in [0.29, 0.717) is 43.7 Å². The Balaban J connectivity index is 1.12. The van der Waals surface area contributed by atoms with Crippen LogP contribution in [-0.4, -0.2) is 52.9 Å². The van der Waals surface area contributed by atoms with Crippen molar-refractivity contribution in [3.05, 3.63) is 48.3 Å². The van der Waals surface area contributed by atoms with Crippen molar-refractivity contribution in [2.24, 2.45) is 11.8 Å². The second-order valence-electron chi connectivity index (χ2n) is 9.70. The number of halogens is 1. The lowest BCUT2D eigenvalue weighted by atomic mass is 9.96. The molecule has 1 saturated heterocycles. The summed E-state index contributed by atoms with van der Waals surface area (Å²) in [7, 11) is 0. The number of aromatic nitrogens is 2. The van der Waals surface area contributed by atoms with E-state index in [4.69, 9.17) is 0 Å². The largest absolute Gasteiger partial charge is 0.370 e. The molecule has 0 unspecified atom stereocenters. The maximum absolute atomic E-state index is 14.5. The summed E-state index contributed by atoms with van der Waals surface area (Å²) in [6.07, 6.45) is 8.77. The average molecular weight is 481 g/mol. The van der Waals surface area contributed by atoms with Crippen LogP contribution in [0.2, 0.25) is 0 Å². The van der Waals surface area contributed by atoms with Gasteiger partial charge in [-0.2, -0.15) is 0 Å². The summed E-state index contributed by atoms with van der Waals surface area (Å²) in [4.78, 5) is 47.2. The molecule has 2 aromatic rings. The van der Waals surface area contributed by atoms with Crippen molar-refractivity contribution in [2.45, 2.75) is 44.1 Å². The third-order valence-electron chi connectivity index (χ3n) is 7.05. The molecule has 3 aliphatic rings. The zero-order valence-corrected chi connectivity index (χ0v) is 19.4. The van der Waals surface area contributed by atoms with Gasteiger partial charge in [-0.3, -0.25) is 14.4 Å². The molecule has 184 valence electrons. The molecule has 2 saturated carbocycles. The van der Waals surface area contributed by atoms with Gasteiger partial charge in [-0.1, -0.05) is 6.07 Å². The van der Waals surface area contributed by atoms with E-state index in [1.54, 1.807) is 6.07 Å². The Morgan fingerprint density at radius 1 is 1.06 bits per heavy atom. The molecule has 2 heterocycles. The van der Waals surface area contributed by atoms with Crippen molar-refractivity contribution in [1.82, 2.24) is 20.6 Å². The molecule has 35 heavy (non-hydrogen) atoms. The van der Waals surface area contributed by atoms with E-state index in [9.17, 15) is 18.8 Å². The highest BCUT2D eigenvalue weighted by Gasteiger charge is 2.51. The third kappa shape index (κ3) is 5.26. The van der Waals surface area contributed by atoms with Crippen LogP contribution in [0.25, 0.3) is 0 Å². The van der Waals surface area contributed by atoms with Crippen molar-refractivity contribution in [3.8, 4) is 0 Å². The molecule has 1 aliphatic heterocycles. The van der Waals surface area contributed by atoms with Crippen LogP contribution in [0.4, 0.5) is 15.8 Å². The smallest absolute Gasteiger partial charge is 0.255 e. The minimum atomic E-state index is -0.857. The fourth-order valence-corrected chi connectivity index (χ4v) is 4.49. The van der Waals surface area contributed by atoms with Gasteiger partial charge in [-0.15, -0.1) is 0 Å². The first-order chi connectivity index (χ1) is 16.9. The molecule has 10 heteroatoms. The lowest BCUT2D eigenvalue weighted by molar-refractivity contribution is -0.124. The fraction of sp³-hybridized carbons (Fsp3) is 0.480. The zero-order chi connectivity index (χ0) is 24.4. The summed E-state index contributed by atoms with van der Waals surface area (Å²) in [6, 6.07) is 4.87. The van der Waals surface area contributed by atoms with Gasteiger partial charge in [0.25, 0.3) is 5.91 Å². The highest BCUT2D eigenvalue weighted by Crippen LogP contribution is 2.37. The van der Waals surface area contributed by atoms with Crippen LogP contribution in [0.15, 0.2) is 36.9 Å². The molecular weight excluding hydrogens is 451 g/mol. The summed E-state index contributed by atoms with van der Waals surface area (Å²) in [5.41, 5.74) is 0.422. The predicted octanol–water partition coefficient (Wildman–Crippen LogP) is 2.26. The number of para-hydroxylation sites is 1. The van der Waals surface area contributed by atoms with Crippen LogP contribution < -0.4 is 20.9 Å². The van der Waals surface area contributed by atoms with Crippen LogP contribution in [0.5, 0.6) is 0 Å². The molecule has 3 amide bonds. The van der Waals surface area contributed by atoms with Crippen molar-refractivity contribution < 1.29 is 18.8 Å². The second kappa shape index (κ2) is 9.59. The number of anilines is 2. The van der Waals surface area contributed by atoms with E-state index in [0.717, 1.165) is 25.7 Å². The van der Waals surface area contributed by atoms with Crippen LogP contribution in [0.3, 0.4) is 0 Å².